The maximum atomic E-state index is 14.0. The van der Waals surface area contributed by atoms with Crippen LogP contribution in [-0.4, -0.2) is 43.4 Å². The van der Waals surface area contributed by atoms with Crippen LogP contribution < -0.4 is 16.8 Å². The molecule has 9 heteroatoms. The molecule has 3 atom stereocenters. The zero-order valence-corrected chi connectivity index (χ0v) is 21.1. The highest BCUT2D eigenvalue weighted by atomic mass is 19.1. The van der Waals surface area contributed by atoms with Crippen LogP contribution in [0.2, 0.25) is 0 Å². The van der Waals surface area contributed by atoms with Crippen LogP contribution in [0.15, 0.2) is 64.6 Å². The standard InChI is InChI=1S/C27H33FN8/c1-5-16-6-7-19(28)11-21(16)33-25(30)20(12-29)24(34-23-8-9-26(2)27(23,3)35-26)22-10-17(13-31-22)18-14-32-36(4)15-18/h6-7,10-15,23,31,35H,5,8-9,29H2,1-4H3,(H2,30,33)/b20-12+,34-24?. The lowest BCUT2D eigenvalue weighted by molar-refractivity contribution is 0.540. The number of aromatic nitrogens is 3. The van der Waals surface area contributed by atoms with E-state index >= 15 is 0 Å². The molecule has 0 amide bonds. The number of benzene rings is 1. The van der Waals surface area contributed by atoms with Crippen LogP contribution in [0, 0.1) is 5.82 Å². The fraction of sp³-hybridized carbons (Fsp3) is 0.370. The number of nitrogens with zero attached hydrogens (tertiary/aromatic N) is 4. The van der Waals surface area contributed by atoms with E-state index < -0.39 is 0 Å². The number of aromatic amines is 1. The molecule has 0 spiro atoms. The Hall–Kier alpha value is -3.72. The molecule has 5 rings (SSSR count). The van der Waals surface area contributed by atoms with E-state index in [2.05, 4.69) is 34.2 Å². The minimum atomic E-state index is -0.366. The number of hydrogen-bond acceptors (Lipinski definition) is 5. The van der Waals surface area contributed by atoms with Crippen LogP contribution in [0.1, 0.15) is 44.9 Å². The normalized spacial score (nSPS) is 26.4. The van der Waals surface area contributed by atoms with Gasteiger partial charge in [0.15, 0.2) is 0 Å². The molecule has 1 aliphatic carbocycles. The molecule has 3 heterocycles. The van der Waals surface area contributed by atoms with Gasteiger partial charge in [0.2, 0.25) is 0 Å². The topological polar surface area (TPSA) is 132 Å². The number of nitrogens with two attached hydrogens (primary N) is 2. The number of rotatable bonds is 7. The lowest BCUT2D eigenvalue weighted by Gasteiger charge is -2.18. The first-order chi connectivity index (χ1) is 17.2. The van der Waals surface area contributed by atoms with E-state index in [4.69, 9.17) is 16.5 Å². The Morgan fingerprint density at radius 1 is 1.31 bits per heavy atom. The third-order valence-electron chi connectivity index (χ3n) is 7.83. The SMILES string of the molecule is CCc1ccc(F)cc1N=C(N)/C(=C/N)C(=NC1CCC2(C)NC12C)c1cc(-c2cnn(C)c2)c[nH]1. The van der Waals surface area contributed by atoms with Gasteiger partial charge in [0, 0.05) is 42.3 Å². The molecule has 1 aromatic carbocycles. The maximum absolute atomic E-state index is 14.0. The lowest BCUT2D eigenvalue weighted by Crippen LogP contribution is -2.30. The summed E-state index contributed by atoms with van der Waals surface area (Å²) in [7, 11) is 1.88. The van der Waals surface area contributed by atoms with Gasteiger partial charge in [-0.3, -0.25) is 9.67 Å². The minimum absolute atomic E-state index is 0.0470. The summed E-state index contributed by atoms with van der Waals surface area (Å²) in [5, 5.41) is 7.90. The number of aryl methyl sites for hydroxylation is 2. The van der Waals surface area contributed by atoms with Gasteiger partial charge >= 0.3 is 0 Å². The van der Waals surface area contributed by atoms with Crippen molar-refractivity contribution in [3.63, 3.8) is 0 Å². The van der Waals surface area contributed by atoms with Gasteiger partial charge in [-0.1, -0.05) is 13.0 Å². The van der Waals surface area contributed by atoms with Crippen LogP contribution in [-0.2, 0) is 13.5 Å². The molecule has 1 saturated heterocycles. The predicted molar refractivity (Wildman–Crippen MR) is 142 cm³/mol. The zero-order chi connectivity index (χ0) is 25.7. The highest BCUT2D eigenvalue weighted by Crippen LogP contribution is 2.53. The fourth-order valence-corrected chi connectivity index (χ4v) is 5.35. The molecule has 2 aromatic heterocycles. The number of halogens is 1. The molecule has 3 unspecified atom stereocenters. The molecule has 8 nitrogen and oxygen atoms in total. The Morgan fingerprint density at radius 3 is 2.72 bits per heavy atom. The van der Waals surface area contributed by atoms with Gasteiger partial charge in [-0.2, -0.15) is 5.10 Å². The Morgan fingerprint density at radius 2 is 2.11 bits per heavy atom. The molecule has 0 radical (unpaired) electrons. The number of fused-ring (bicyclic) bond motifs is 1. The first kappa shape index (κ1) is 24.0. The molecule has 188 valence electrons. The second kappa shape index (κ2) is 8.74. The van der Waals surface area contributed by atoms with Crippen LogP contribution in [0.5, 0.6) is 0 Å². The van der Waals surface area contributed by atoms with E-state index in [1.807, 2.05) is 38.6 Å². The molecular weight excluding hydrogens is 455 g/mol. The van der Waals surface area contributed by atoms with E-state index in [1.54, 1.807) is 10.7 Å². The first-order valence-corrected chi connectivity index (χ1v) is 12.3. The van der Waals surface area contributed by atoms with Crippen molar-refractivity contribution in [2.24, 2.45) is 28.5 Å². The van der Waals surface area contributed by atoms with Gasteiger partial charge in [0.25, 0.3) is 0 Å². The second-order valence-corrected chi connectivity index (χ2v) is 10.1. The number of piperidine rings is 1. The molecule has 2 aliphatic rings. The number of aliphatic imine (C=N–C) groups is 2. The van der Waals surface area contributed by atoms with Gasteiger partial charge in [-0.05, 0) is 56.9 Å². The molecule has 36 heavy (non-hydrogen) atoms. The summed E-state index contributed by atoms with van der Waals surface area (Å²) >= 11 is 0. The van der Waals surface area contributed by atoms with E-state index in [0.29, 0.717) is 23.4 Å². The Labute approximate surface area is 210 Å². The molecular formula is C27H33FN8. The van der Waals surface area contributed by atoms with Gasteiger partial charge in [0.1, 0.15) is 11.7 Å². The third kappa shape index (κ3) is 4.03. The van der Waals surface area contributed by atoms with Gasteiger partial charge in [0.05, 0.1) is 40.4 Å². The summed E-state index contributed by atoms with van der Waals surface area (Å²) in [6, 6.07) is 6.62. The Kier molecular flexibility index (Phi) is 5.83. The van der Waals surface area contributed by atoms with Crippen molar-refractivity contribution in [1.82, 2.24) is 20.1 Å². The number of amidine groups is 1. The monoisotopic (exact) mass is 488 g/mol. The van der Waals surface area contributed by atoms with Crippen molar-refractivity contribution in [3.8, 4) is 11.1 Å². The largest absolute Gasteiger partial charge is 0.404 e. The van der Waals surface area contributed by atoms with Crippen molar-refractivity contribution >= 4 is 17.2 Å². The number of hydrogen-bond donors (Lipinski definition) is 4. The molecule has 3 aromatic rings. The Balaban J connectivity index is 1.58. The summed E-state index contributed by atoms with van der Waals surface area (Å²) in [5.74, 6) is -0.182. The van der Waals surface area contributed by atoms with Gasteiger partial charge in [-0.15, -0.1) is 0 Å². The van der Waals surface area contributed by atoms with Crippen LogP contribution in [0.4, 0.5) is 10.1 Å². The minimum Gasteiger partial charge on any atom is -0.404 e. The average Bonchev–Trinajstić information content (AvgIpc) is 3.29. The van der Waals surface area contributed by atoms with Crippen LogP contribution >= 0.6 is 0 Å². The van der Waals surface area contributed by atoms with Crippen LogP contribution in [0.3, 0.4) is 0 Å². The summed E-state index contributed by atoms with van der Waals surface area (Å²) in [6.07, 6.45) is 9.82. The summed E-state index contributed by atoms with van der Waals surface area (Å²) in [4.78, 5) is 13.2. The lowest BCUT2D eigenvalue weighted by atomic mass is 9.97. The van der Waals surface area contributed by atoms with E-state index in [0.717, 1.165) is 35.2 Å². The summed E-state index contributed by atoms with van der Waals surface area (Å²) < 4.78 is 15.8. The van der Waals surface area contributed by atoms with E-state index in [9.17, 15) is 4.39 Å². The van der Waals surface area contributed by atoms with E-state index in [-0.39, 0.29) is 28.8 Å². The van der Waals surface area contributed by atoms with Gasteiger partial charge < -0.3 is 21.8 Å². The molecule has 1 aliphatic heterocycles. The average molecular weight is 489 g/mol. The first-order valence-electron chi connectivity index (χ1n) is 12.3. The second-order valence-electron chi connectivity index (χ2n) is 10.1. The quantitative estimate of drug-likeness (QED) is 0.229. The van der Waals surface area contributed by atoms with Gasteiger partial charge in [-0.25, -0.2) is 9.38 Å². The van der Waals surface area contributed by atoms with E-state index in [1.165, 1.54) is 18.3 Å². The summed E-state index contributed by atoms with van der Waals surface area (Å²) in [5.41, 5.74) is 17.9. The number of nitrogens with one attached hydrogen (secondary N) is 2. The number of H-pyrrole nitrogens is 1. The van der Waals surface area contributed by atoms with Crippen LogP contribution in [0.25, 0.3) is 11.1 Å². The van der Waals surface area contributed by atoms with Crippen molar-refractivity contribution in [2.45, 2.75) is 57.2 Å². The zero-order valence-electron chi connectivity index (χ0n) is 21.1. The predicted octanol–water partition coefficient (Wildman–Crippen LogP) is 3.72. The highest BCUT2D eigenvalue weighted by Gasteiger charge is 2.68. The van der Waals surface area contributed by atoms with Crippen molar-refractivity contribution in [3.05, 3.63) is 71.7 Å². The maximum Gasteiger partial charge on any atom is 0.135 e. The highest BCUT2D eigenvalue weighted by molar-refractivity contribution is 6.29. The fourth-order valence-electron chi connectivity index (χ4n) is 5.35. The molecule has 0 bridgehead atoms. The Bertz CT molecular complexity index is 1390. The van der Waals surface area contributed by atoms with Crippen molar-refractivity contribution in [2.75, 3.05) is 0 Å². The third-order valence-corrected chi connectivity index (χ3v) is 7.83. The van der Waals surface area contributed by atoms with Crippen molar-refractivity contribution < 1.29 is 4.39 Å². The molecule has 1 saturated carbocycles. The molecule has 2 fully saturated rings. The smallest absolute Gasteiger partial charge is 0.135 e. The summed E-state index contributed by atoms with van der Waals surface area (Å²) in [6.45, 7) is 6.45. The van der Waals surface area contributed by atoms with Crippen molar-refractivity contribution in [1.29, 1.82) is 0 Å². The molecule has 6 N–H and O–H groups in total.